The van der Waals surface area contributed by atoms with Gasteiger partial charge in [-0.25, -0.2) is 4.39 Å². The van der Waals surface area contributed by atoms with Crippen LogP contribution < -0.4 is 5.62 Å². The fourth-order valence-corrected chi connectivity index (χ4v) is 4.44. The van der Waals surface area contributed by atoms with Gasteiger partial charge in [0.05, 0.1) is 34.7 Å². The predicted octanol–water partition coefficient (Wildman–Crippen LogP) is 5.61. The summed E-state index contributed by atoms with van der Waals surface area (Å²) in [5.74, 6) is -0.291. The molecular weight excluding hydrogens is 457 g/mol. The Kier molecular flexibility index (Phi) is 6.39. The summed E-state index contributed by atoms with van der Waals surface area (Å²) < 4.78 is 23.7. The van der Waals surface area contributed by atoms with E-state index in [-0.39, 0.29) is 11.9 Å². The number of methoxy groups -OCH3 is 1. The number of fused-ring (bicyclic) bond motifs is 1. The first kappa shape index (κ1) is 21.5. The third-order valence-electron chi connectivity index (χ3n) is 5.56. The highest BCUT2D eigenvalue weighted by molar-refractivity contribution is 9.10. The van der Waals surface area contributed by atoms with Crippen LogP contribution in [0.4, 0.5) is 4.39 Å². The second-order valence-electron chi connectivity index (χ2n) is 7.82. The Morgan fingerprint density at radius 2 is 1.68 bits per heavy atom. The second kappa shape index (κ2) is 9.20. The summed E-state index contributed by atoms with van der Waals surface area (Å²) >= 11 is 3.27. The molecule has 0 unspecified atom stereocenters. The van der Waals surface area contributed by atoms with Crippen molar-refractivity contribution in [2.24, 2.45) is 0 Å². The molecule has 160 valence electrons. The Morgan fingerprint density at radius 3 is 2.35 bits per heavy atom. The van der Waals surface area contributed by atoms with Crippen LogP contribution in [-0.4, -0.2) is 22.9 Å². The molecule has 0 saturated carbocycles. The van der Waals surface area contributed by atoms with E-state index >= 15 is 0 Å². The minimum absolute atomic E-state index is 0.0219. The van der Waals surface area contributed by atoms with Gasteiger partial charge in [-0.1, -0.05) is 48.0 Å². The predicted molar refractivity (Wildman–Crippen MR) is 125 cm³/mol. The molecule has 1 heterocycles. The van der Waals surface area contributed by atoms with Gasteiger partial charge in [0.1, 0.15) is 5.82 Å². The zero-order valence-corrected chi connectivity index (χ0v) is 19.2. The summed E-state index contributed by atoms with van der Waals surface area (Å²) in [6.07, 6.45) is 0.765. The van der Waals surface area contributed by atoms with Crippen LogP contribution in [0.25, 0.3) is 11.0 Å². The molecule has 1 N–H and O–H groups in total. The quantitative estimate of drug-likeness (QED) is 0.366. The van der Waals surface area contributed by atoms with E-state index in [1.807, 2.05) is 28.8 Å². The number of aromatic nitrogens is 2. The van der Waals surface area contributed by atoms with Crippen molar-refractivity contribution in [2.45, 2.75) is 25.9 Å². The van der Waals surface area contributed by atoms with Crippen molar-refractivity contribution in [1.82, 2.24) is 9.13 Å². The van der Waals surface area contributed by atoms with Gasteiger partial charge in [0.2, 0.25) is 5.62 Å². The molecule has 0 spiro atoms. The van der Waals surface area contributed by atoms with Crippen LogP contribution >= 0.6 is 15.9 Å². The zero-order chi connectivity index (χ0) is 22.0. The standard InChI is InChI=1S/C25H25BrFN3O/c1-17-7-9-18(10-8-17)13-20(16-31-2)30-24-6-4-3-5-23(24)29(25(30)28)15-19-11-12-22(27)21(26)14-19/h3-12,14,20,28H,13,15-16H2,1-2H3/t20-/m0/s1. The first-order chi connectivity index (χ1) is 15.0. The first-order valence-electron chi connectivity index (χ1n) is 10.2. The van der Waals surface area contributed by atoms with Gasteiger partial charge in [-0.3, -0.25) is 5.41 Å². The van der Waals surface area contributed by atoms with Crippen LogP contribution in [-0.2, 0) is 17.7 Å². The largest absolute Gasteiger partial charge is 0.383 e. The Balaban J connectivity index is 1.79. The minimum atomic E-state index is -0.291. The number of para-hydroxylation sites is 2. The van der Waals surface area contributed by atoms with Crippen LogP contribution in [0, 0.1) is 18.2 Å². The Morgan fingerprint density at radius 1 is 1.00 bits per heavy atom. The van der Waals surface area contributed by atoms with Gasteiger partial charge in [0.25, 0.3) is 0 Å². The summed E-state index contributed by atoms with van der Waals surface area (Å²) in [7, 11) is 1.70. The summed E-state index contributed by atoms with van der Waals surface area (Å²) in [6, 6.07) is 21.5. The maximum atomic E-state index is 13.7. The van der Waals surface area contributed by atoms with Crippen LogP contribution in [0.5, 0.6) is 0 Å². The average Bonchev–Trinajstić information content (AvgIpc) is 3.03. The van der Waals surface area contributed by atoms with Crippen LogP contribution in [0.1, 0.15) is 22.7 Å². The molecule has 4 nitrogen and oxygen atoms in total. The van der Waals surface area contributed by atoms with Gasteiger partial charge >= 0.3 is 0 Å². The average molecular weight is 482 g/mol. The lowest BCUT2D eigenvalue weighted by Crippen LogP contribution is -2.31. The van der Waals surface area contributed by atoms with E-state index in [0.29, 0.717) is 23.2 Å². The molecule has 0 aliphatic rings. The minimum Gasteiger partial charge on any atom is -0.383 e. The van der Waals surface area contributed by atoms with Crippen molar-refractivity contribution < 1.29 is 9.13 Å². The van der Waals surface area contributed by atoms with Crippen molar-refractivity contribution in [3.63, 3.8) is 0 Å². The maximum Gasteiger partial charge on any atom is 0.203 e. The summed E-state index contributed by atoms with van der Waals surface area (Å²) in [5, 5.41) is 9.01. The number of rotatable bonds is 7. The van der Waals surface area contributed by atoms with Crippen molar-refractivity contribution in [3.8, 4) is 0 Å². The Bertz CT molecular complexity index is 1260. The molecule has 0 radical (unpaired) electrons. The van der Waals surface area contributed by atoms with Gasteiger partial charge in [0.15, 0.2) is 0 Å². The highest BCUT2D eigenvalue weighted by Crippen LogP contribution is 2.23. The van der Waals surface area contributed by atoms with Crippen LogP contribution in [0.2, 0.25) is 0 Å². The number of imidazole rings is 1. The van der Waals surface area contributed by atoms with Crippen molar-refractivity contribution in [3.05, 3.63) is 99.3 Å². The maximum absolute atomic E-state index is 13.7. The van der Waals surface area contributed by atoms with E-state index in [0.717, 1.165) is 23.0 Å². The van der Waals surface area contributed by atoms with Crippen molar-refractivity contribution in [1.29, 1.82) is 5.41 Å². The molecule has 6 heteroatoms. The molecule has 0 aliphatic carbocycles. The molecule has 1 aromatic heterocycles. The van der Waals surface area contributed by atoms with Gasteiger partial charge < -0.3 is 13.9 Å². The normalized spacial score (nSPS) is 12.4. The third kappa shape index (κ3) is 4.50. The Labute approximate surface area is 189 Å². The fourth-order valence-electron chi connectivity index (χ4n) is 4.02. The molecule has 1 atom stereocenters. The van der Waals surface area contributed by atoms with E-state index in [9.17, 15) is 4.39 Å². The van der Waals surface area contributed by atoms with Gasteiger partial charge in [-0.15, -0.1) is 0 Å². The zero-order valence-electron chi connectivity index (χ0n) is 17.6. The molecule has 0 fully saturated rings. The molecule has 0 saturated heterocycles. The van der Waals surface area contributed by atoms with E-state index in [2.05, 4.69) is 51.7 Å². The Hall–Kier alpha value is -2.70. The molecule has 4 aromatic rings. The molecule has 3 aromatic carbocycles. The van der Waals surface area contributed by atoms with E-state index < -0.39 is 0 Å². The number of hydrogen-bond donors (Lipinski definition) is 1. The molecular formula is C25H25BrFN3O. The lowest BCUT2D eigenvalue weighted by molar-refractivity contribution is 0.154. The molecule has 0 aliphatic heterocycles. The van der Waals surface area contributed by atoms with E-state index in [4.69, 9.17) is 10.1 Å². The SMILES string of the molecule is COC[C@H](Cc1ccc(C)cc1)n1c(=N)n(Cc2ccc(F)c(Br)c2)c2ccccc21. The topological polar surface area (TPSA) is 42.9 Å². The number of nitrogens with one attached hydrogen (secondary N) is 1. The number of nitrogens with zero attached hydrogens (tertiary/aromatic N) is 2. The van der Waals surface area contributed by atoms with Gasteiger partial charge in [0, 0.05) is 7.11 Å². The number of benzene rings is 3. The molecule has 0 bridgehead atoms. The molecule has 0 amide bonds. The molecule has 31 heavy (non-hydrogen) atoms. The highest BCUT2D eigenvalue weighted by Gasteiger charge is 2.19. The van der Waals surface area contributed by atoms with Crippen molar-refractivity contribution in [2.75, 3.05) is 13.7 Å². The number of hydrogen-bond acceptors (Lipinski definition) is 2. The highest BCUT2D eigenvalue weighted by atomic mass is 79.9. The van der Waals surface area contributed by atoms with Gasteiger partial charge in [-0.2, -0.15) is 0 Å². The number of aryl methyl sites for hydroxylation is 1. The summed E-state index contributed by atoms with van der Waals surface area (Å²) in [6.45, 7) is 3.06. The summed E-state index contributed by atoms with van der Waals surface area (Å²) in [4.78, 5) is 0. The lowest BCUT2D eigenvalue weighted by atomic mass is 10.0. The third-order valence-corrected chi connectivity index (χ3v) is 6.16. The van der Waals surface area contributed by atoms with Crippen LogP contribution in [0.3, 0.4) is 0 Å². The van der Waals surface area contributed by atoms with Crippen molar-refractivity contribution >= 4 is 27.0 Å². The van der Waals surface area contributed by atoms with Crippen LogP contribution in [0.15, 0.2) is 71.2 Å². The van der Waals surface area contributed by atoms with E-state index in [1.54, 1.807) is 19.2 Å². The molecule has 4 rings (SSSR count). The monoisotopic (exact) mass is 481 g/mol. The fraction of sp³-hybridized carbons (Fsp3) is 0.240. The second-order valence-corrected chi connectivity index (χ2v) is 8.67. The summed E-state index contributed by atoms with van der Waals surface area (Å²) in [5.41, 5.74) is 5.72. The lowest BCUT2D eigenvalue weighted by Gasteiger charge is -2.19. The number of halogens is 2. The smallest absolute Gasteiger partial charge is 0.203 e. The number of ether oxygens (including phenoxy) is 1. The van der Waals surface area contributed by atoms with E-state index in [1.165, 1.54) is 17.2 Å². The first-order valence-corrected chi connectivity index (χ1v) is 11.0. The van der Waals surface area contributed by atoms with Gasteiger partial charge in [-0.05, 0) is 64.7 Å².